The van der Waals surface area contributed by atoms with E-state index in [-0.39, 0.29) is 5.91 Å². The molecule has 1 atom stereocenters. The maximum Gasteiger partial charge on any atom is 0.261 e. The number of pyridine rings is 1. The van der Waals surface area contributed by atoms with Crippen LogP contribution in [0.4, 0.5) is 11.5 Å². The number of halogens is 3. The van der Waals surface area contributed by atoms with Gasteiger partial charge in [-0.3, -0.25) is 9.69 Å². The lowest BCUT2D eigenvalue weighted by Gasteiger charge is -2.26. The summed E-state index contributed by atoms with van der Waals surface area (Å²) in [5.41, 5.74) is 2.14. The number of fused-ring (bicyclic) bond motifs is 1. The van der Waals surface area contributed by atoms with E-state index in [0.29, 0.717) is 32.1 Å². The van der Waals surface area contributed by atoms with Gasteiger partial charge >= 0.3 is 0 Å². The van der Waals surface area contributed by atoms with Crippen molar-refractivity contribution in [3.63, 3.8) is 0 Å². The Morgan fingerprint density at radius 3 is 2.46 bits per heavy atom. The van der Waals surface area contributed by atoms with Crippen LogP contribution in [-0.2, 0) is 0 Å². The zero-order valence-electron chi connectivity index (χ0n) is 13.3. The molecule has 0 spiro atoms. The zero-order valence-corrected chi connectivity index (χ0v) is 15.6. The van der Waals surface area contributed by atoms with Gasteiger partial charge in [0.1, 0.15) is 12.0 Å². The van der Waals surface area contributed by atoms with Crippen LogP contribution in [0.25, 0.3) is 0 Å². The van der Waals surface area contributed by atoms with Crippen molar-refractivity contribution >= 4 is 52.2 Å². The van der Waals surface area contributed by atoms with Crippen molar-refractivity contribution in [3.05, 3.63) is 87.0 Å². The molecule has 1 amide bonds. The highest BCUT2D eigenvalue weighted by Crippen LogP contribution is 2.39. The molecule has 4 rings (SSSR count). The molecule has 7 heteroatoms. The molecule has 2 aromatic carbocycles. The van der Waals surface area contributed by atoms with E-state index in [1.54, 1.807) is 41.3 Å². The summed E-state index contributed by atoms with van der Waals surface area (Å²) < 4.78 is 0. The van der Waals surface area contributed by atoms with Gasteiger partial charge in [0.05, 0.1) is 15.7 Å². The van der Waals surface area contributed by atoms with Crippen LogP contribution < -0.4 is 10.2 Å². The fourth-order valence-corrected chi connectivity index (χ4v) is 3.53. The Hall–Kier alpha value is -2.27. The molecule has 2 heterocycles. The van der Waals surface area contributed by atoms with E-state index in [9.17, 15) is 4.79 Å². The number of carbonyl (C=O) groups is 1. The number of nitrogens with one attached hydrogen (secondary N) is 1. The van der Waals surface area contributed by atoms with Gasteiger partial charge in [0.2, 0.25) is 0 Å². The number of hydrogen-bond acceptors (Lipinski definition) is 3. The topological polar surface area (TPSA) is 45.2 Å². The van der Waals surface area contributed by atoms with Gasteiger partial charge in [0, 0.05) is 22.3 Å². The molecule has 0 bridgehead atoms. The van der Waals surface area contributed by atoms with Crippen LogP contribution in [-0.4, -0.2) is 10.9 Å². The second kappa shape index (κ2) is 6.80. The van der Waals surface area contributed by atoms with E-state index in [1.807, 2.05) is 18.2 Å². The molecular weight excluding hydrogens is 393 g/mol. The van der Waals surface area contributed by atoms with Crippen molar-refractivity contribution in [1.82, 2.24) is 4.98 Å². The Kier molecular flexibility index (Phi) is 4.49. The summed E-state index contributed by atoms with van der Waals surface area (Å²) in [6.07, 6.45) is 1.06. The molecule has 26 heavy (non-hydrogen) atoms. The molecule has 1 aliphatic heterocycles. The van der Waals surface area contributed by atoms with Gasteiger partial charge in [0.25, 0.3) is 5.91 Å². The molecule has 0 fully saturated rings. The van der Waals surface area contributed by atoms with Crippen molar-refractivity contribution in [2.75, 3.05) is 10.2 Å². The average Bonchev–Trinajstić information content (AvgIpc) is 2.91. The van der Waals surface area contributed by atoms with E-state index in [2.05, 4.69) is 10.3 Å². The van der Waals surface area contributed by atoms with E-state index >= 15 is 0 Å². The molecular formula is C19H12Cl3N3O. The van der Waals surface area contributed by atoms with Gasteiger partial charge in [-0.1, -0.05) is 53.0 Å². The standard InChI is InChI=1S/C19H12Cl3N3O/c20-11-5-7-16(15(22)9-11)24-18-13-3-1-2-4-14(13)19(26)25(18)17-8-6-12(21)10-23-17/h1-10,18,24H/t18-/m0/s1. The maximum atomic E-state index is 13.0. The maximum absolute atomic E-state index is 13.0. The minimum absolute atomic E-state index is 0.141. The van der Waals surface area contributed by atoms with Gasteiger partial charge < -0.3 is 5.32 Å². The molecule has 0 saturated heterocycles. The molecule has 130 valence electrons. The normalized spacial score (nSPS) is 15.9. The minimum atomic E-state index is -0.453. The van der Waals surface area contributed by atoms with Crippen LogP contribution >= 0.6 is 34.8 Å². The first kappa shape index (κ1) is 17.2. The molecule has 1 aliphatic rings. The number of carbonyl (C=O) groups excluding carboxylic acids is 1. The summed E-state index contributed by atoms with van der Waals surface area (Å²) in [5, 5.41) is 4.84. The Morgan fingerprint density at radius 1 is 0.962 bits per heavy atom. The number of rotatable bonds is 3. The smallest absolute Gasteiger partial charge is 0.261 e. The lowest BCUT2D eigenvalue weighted by molar-refractivity contribution is 0.0992. The highest BCUT2D eigenvalue weighted by atomic mass is 35.5. The predicted molar refractivity (Wildman–Crippen MR) is 105 cm³/mol. The quantitative estimate of drug-likeness (QED) is 0.599. The Morgan fingerprint density at radius 2 is 1.73 bits per heavy atom. The third-order valence-electron chi connectivity index (χ3n) is 4.14. The zero-order chi connectivity index (χ0) is 18.3. The van der Waals surface area contributed by atoms with E-state index in [1.165, 1.54) is 6.20 Å². The number of aromatic nitrogens is 1. The van der Waals surface area contributed by atoms with E-state index in [0.717, 1.165) is 5.56 Å². The Balaban J connectivity index is 1.79. The van der Waals surface area contributed by atoms with Gasteiger partial charge in [-0.25, -0.2) is 4.98 Å². The first-order valence-electron chi connectivity index (χ1n) is 7.80. The number of amides is 1. The van der Waals surface area contributed by atoms with Crippen molar-refractivity contribution in [2.45, 2.75) is 6.17 Å². The van der Waals surface area contributed by atoms with Gasteiger partial charge in [-0.15, -0.1) is 0 Å². The SMILES string of the molecule is O=C1c2ccccc2[C@@H](Nc2ccc(Cl)cc2Cl)N1c1ccc(Cl)cn1. The van der Waals surface area contributed by atoms with Gasteiger partial charge in [-0.05, 0) is 36.4 Å². The minimum Gasteiger partial charge on any atom is -0.360 e. The van der Waals surface area contributed by atoms with Crippen LogP contribution in [0.3, 0.4) is 0 Å². The molecule has 0 radical (unpaired) electrons. The summed E-state index contributed by atoms with van der Waals surface area (Å²) in [6.45, 7) is 0. The lowest BCUT2D eigenvalue weighted by atomic mass is 10.1. The van der Waals surface area contributed by atoms with Crippen molar-refractivity contribution in [1.29, 1.82) is 0 Å². The Bertz CT molecular complexity index is 992. The molecule has 0 unspecified atom stereocenters. The number of hydrogen-bond donors (Lipinski definition) is 1. The largest absolute Gasteiger partial charge is 0.360 e. The van der Waals surface area contributed by atoms with Crippen LogP contribution in [0.15, 0.2) is 60.8 Å². The fourth-order valence-electron chi connectivity index (χ4n) is 2.96. The summed E-state index contributed by atoms with van der Waals surface area (Å²) in [7, 11) is 0. The van der Waals surface area contributed by atoms with Crippen molar-refractivity contribution in [2.24, 2.45) is 0 Å². The van der Waals surface area contributed by atoms with Crippen molar-refractivity contribution in [3.8, 4) is 0 Å². The molecule has 0 saturated carbocycles. The third-order valence-corrected chi connectivity index (χ3v) is 4.92. The van der Waals surface area contributed by atoms with E-state index in [4.69, 9.17) is 34.8 Å². The van der Waals surface area contributed by atoms with Crippen LogP contribution in [0.5, 0.6) is 0 Å². The molecule has 3 aromatic rings. The van der Waals surface area contributed by atoms with Crippen molar-refractivity contribution < 1.29 is 4.79 Å². The third kappa shape index (κ3) is 3.01. The van der Waals surface area contributed by atoms with E-state index < -0.39 is 6.17 Å². The van der Waals surface area contributed by atoms with Crippen LogP contribution in [0.1, 0.15) is 22.1 Å². The summed E-state index contributed by atoms with van der Waals surface area (Å²) in [5.74, 6) is 0.358. The molecule has 0 aliphatic carbocycles. The predicted octanol–water partition coefficient (Wildman–Crippen LogP) is 5.81. The van der Waals surface area contributed by atoms with Crippen LogP contribution in [0.2, 0.25) is 15.1 Å². The first-order chi connectivity index (χ1) is 12.5. The fraction of sp³-hybridized carbons (Fsp3) is 0.0526. The van der Waals surface area contributed by atoms with Crippen LogP contribution in [0, 0.1) is 0 Å². The summed E-state index contributed by atoms with van der Waals surface area (Å²) in [4.78, 5) is 18.9. The average molecular weight is 405 g/mol. The number of benzene rings is 2. The van der Waals surface area contributed by atoms with Gasteiger partial charge in [-0.2, -0.15) is 0 Å². The number of anilines is 2. The summed E-state index contributed by atoms with van der Waals surface area (Å²) >= 11 is 18.2. The first-order valence-corrected chi connectivity index (χ1v) is 8.93. The lowest BCUT2D eigenvalue weighted by Crippen LogP contribution is -2.33. The highest BCUT2D eigenvalue weighted by Gasteiger charge is 2.38. The highest BCUT2D eigenvalue weighted by molar-refractivity contribution is 6.36. The second-order valence-corrected chi connectivity index (χ2v) is 7.05. The molecule has 1 aromatic heterocycles. The monoisotopic (exact) mass is 403 g/mol. The van der Waals surface area contributed by atoms with Gasteiger partial charge in [0.15, 0.2) is 0 Å². The Labute approximate surface area is 165 Å². The second-order valence-electron chi connectivity index (χ2n) is 5.77. The molecule has 4 nitrogen and oxygen atoms in total. The molecule has 1 N–H and O–H groups in total. The number of nitrogens with zero attached hydrogens (tertiary/aromatic N) is 2. The summed E-state index contributed by atoms with van der Waals surface area (Å²) in [6, 6.07) is 16.0.